The monoisotopic (exact) mass is 341 g/mol. The van der Waals surface area contributed by atoms with Crippen molar-refractivity contribution in [3.63, 3.8) is 0 Å². The highest BCUT2D eigenvalue weighted by molar-refractivity contribution is 5.85. The van der Waals surface area contributed by atoms with Crippen molar-refractivity contribution in [3.8, 4) is 5.75 Å². The van der Waals surface area contributed by atoms with E-state index in [1.807, 2.05) is 18.2 Å². The van der Waals surface area contributed by atoms with E-state index in [4.69, 9.17) is 9.84 Å². The zero-order valence-corrected chi connectivity index (χ0v) is 14.6. The van der Waals surface area contributed by atoms with Crippen molar-refractivity contribution < 1.29 is 14.6 Å². The standard InChI is InChI=1S/C19H23N3O3/c1-14(15-5-3-6-16(13-15)25-2)21-9-11-22(12-10-21)18-8-4-7-17(20-18)19(23)24/h3-8,13-14H,9-12H2,1-2H3,(H,23,24). The van der Waals surface area contributed by atoms with Crippen LogP contribution >= 0.6 is 0 Å². The van der Waals surface area contributed by atoms with Crippen LogP contribution in [0.5, 0.6) is 5.75 Å². The smallest absolute Gasteiger partial charge is 0.354 e. The molecule has 1 unspecified atom stereocenters. The molecule has 0 aliphatic carbocycles. The van der Waals surface area contributed by atoms with E-state index in [-0.39, 0.29) is 5.69 Å². The minimum Gasteiger partial charge on any atom is -0.497 e. The first-order chi connectivity index (χ1) is 12.1. The molecule has 1 atom stereocenters. The summed E-state index contributed by atoms with van der Waals surface area (Å²) < 4.78 is 5.31. The number of rotatable bonds is 5. The Morgan fingerprint density at radius 2 is 1.88 bits per heavy atom. The quantitative estimate of drug-likeness (QED) is 0.902. The Morgan fingerprint density at radius 3 is 2.56 bits per heavy atom. The first-order valence-corrected chi connectivity index (χ1v) is 8.42. The number of aromatic carboxylic acids is 1. The lowest BCUT2D eigenvalue weighted by atomic mass is 10.1. The van der Waals surface area contributed by atoms with Gasteiger partial charge in [-0.25, -0.2) is 9.78 Å². The Labute approximate surface area is 147 Å². The number of ether oxygens (including phenoxy) is 1. The molecule has 2 heterocycles. The van der Waals surface area contributed by atoms with E-state index in [2.05, 4.69) is 33.8 Å². The maximum absolute atomic E-state index is 11.1. The van der Waals surface area contributed by atoms with Crippen molar-refractivity contribution in [2.45, 2.75) is 13.0 Å². The molecule has 1 saturated heterocycles. The van der Waals surface area contributed by atoms with Gasteiger partial charge in [0.15, 0.2) is 5.69 Å². The second-order valence-electron chi connectivity index (χ2n) is 6.16. The van der Waals surface area contributed by atoms with E-state index in [1.54, 1.807) is 13.2 Å². The van der Waals surface area contributed by atoms with Crippen molar-refractivity contribution in [3.05, 3.63) is 53.7 Å². The number of hydrogen-bond donors (Lipinski definition) is 1. The van der Waals surface area contributed by atoms with Gasteiger partial charge in [-0.1, -0.05) is 18.2 Å². The van der Waals surface area contributed by atoms with Crippen LogP contribution in [-0.4, -0.2) is 54.2 Å². The summed E-state index contributed by atoms with van der Waals surface area (Å²) >= 11 is 0. The second kappa shape index (κ2) is 7.53. The average molecular weight is 341 g/mol. The molecule has 0 radical (unpaired) electrons. The first-order valence-electron chi connectivity index (χ1n) is 8.42. The lowest BCUT2D eigenvalue weighted by molar-refractivity contribution is 0.0690. The lowest BCUT2D eigenvalue weighted by Crippen LogP contribution is -2.47. The van der Waals surface area contributed by atoms with Crippen molar-refractivity contribution in [1.82, 2.24) is 9.88 Å². The Morgan fingerprint density at radius 1 is 1.16 bits per heavy atom. The van der Waals surface area contributed by atoms with Gasteiger partial charge < -0.3 is 14.7 Å². The Hall–Kier alpha value is -2.60. The molecule has 0 bridgehead atoms. The molecule has 0 saturated carbocycles. The number of aromatic nitrogens is 1. The normalized spacial score (nSPS) is 16.5. The molecular weight excluding hydrogens is 318 g/mol. The largest absolute Gasteiger partial charge is 0.497 e. The van der Waals surface area contributed by atoms with E-state index in [0.29, 0.717) is 6.04 Å². The van der Waals surface area contributed by atoms with Crippen LogP contribution in [0, 0.1) is 0 Å². The summed E-state index contributed by atoms with van der Waals surface area (Å²) in [5.74, 6) is 0.610. The average Bonchev–Trinajstić information content (AvgIpc) is 2.67. The van der Waals surface area contributed by atoms with Gasteiger partial charge in [-0.15, -0.1) is 0 Å². The third-order valence-electron chi connectivity index (χ3n) is 4.72. The molecule has 1 N–H and O–H groups in total. The topological polar surface area (TPSA) is 65.9 Å². The van der Waals surface area contributed by atoms with E-state index < -0.39 is 5.97 Å². The van der Waals surface area contributed by atoms with Gasteiger partial charge in [0, 0.05) is 32.2 Å². The van der Waals surface area contributed by atoms with Gasteiger partial charge in [0.05, 0.1) is 7.11 Å². The Bertz CT molecular complexity index is 742. The summed E-state index contributed by atoms with van der Waals surface area (Å²) in [7, 11) is 1.68. The molecule has 3 rings (SSSR count). The lowest BCUT2D eigenvalue weighted by Gasteiger charge is -2.38. The molecule has 1 aromatic heterocycles. The number of nitrogens with zero attached hydrogens (tertiary/aromatic N) is 3. The first kappa shape index (κ1) is 17.2. The van der Waals surface area contributed by atoms with Crippen molar-refractivity contribution in [1.29, 1.82) is 0 Å². The number of anilines is 1. The maximum Gasteiger partial charge on any atom is 0.354 e. The van der Waals surface area contributed by atoms with Crippen molar-refractivity contribution in [2.24, 2.45) is 0 Å². The van der Waals surface area contributed by atoms with E-state index >= 15 is 0 Å². The van der Waals surface area contributed by atoms with E-state index in [0.717, 1.165) is 37.7 Å². The third kappa shape index (κ3) is 3.91. The second-order valence-corrected chi connectivity index (χ2v) is 6.16. The Balaban J connectivity index is 1.65. The maximum atomic E-state index is 11.1. The highest BCUT2D eigenvalue weighted by atomic mass is 16.5. The molecular formula is C19H23N3O3. The van der Waals surface area contributed by atoms with E-state index in [9.17, 15) is 4.79 Å². The number of carboxylic acids is 1. The van der Waals surface area contributed by atoms with Crippen LogP contribution in [-0.2, 0) is 0 Å². The third-order valence-corrected chi connectivity index (χ3v) is 4.72. The Kier molecular flexibility index (Phi) is 5.19. The minimum absolute atomic E-state index is 0.0877. The number of carbonyl (C=O) groups is 1. The fourth-order valence-electron chi connectivity index (χ4n) is 3.17. The van der Waals surface area contributed by atoms with Crippen LogP contribution in [0.1, 0.15) is 29.0 Å². The molecule has 0 spiro atoms. The van der Waals surface area contributed by atoms with Crippen LogP contribution in [0.4, 0.5) is 5.82 Å². The van der Waals surface area contributed by atoms with Gasteiger partial charge in [-0.2, -0.15) is 0 Å². The van der Waals surface area contributed by atoms with E-state index in [1.165, 1.54) is 11.6 Å². The molecule has 132 valence electrons. The number of pyridine rings is 1. The summed E-state index contributed by atoms with van der Waals surface area (Å²) in [6, 6.07) is 13.6. The van der Waals surface area contributed by atoms with Crippen LogP contribution in [0.15, 0.2) is 42.5 Å². The zero-order valence-electron chi connectivity index (χ0n) is 14.6. The summed E-state index contributed by atoms with van der Waals surface area (Å²) in [6.45, 7) is 5.65. The fourth-order valence-corrected chi connectivity index (χ4v) is 3.17. The summed E-state index contributed by atoms with van der Waals surface area (Å²) in [5, 5.41) is 9.09. The number of carboxylic acid groups (broad SMARTS) is 1. The van der Waals surface area contributed by atoms with Gasteiger partial charge >= 0.3 is 5.97 Å². The number of methoxy groups -OCH3 is 1. The summed E-state index contributed by atoms with van der Waals surface area (Å²) in [6.07, 6.45) is 0. The minimum atomic E-state index is -0.993. The van der Waals surface area contributed by atoms with Crippen LogP contribution < -0.4 is 9.64 Å². The molecule has 2 aromatic rings. The molecule has 1 aromatic carbocycles. The van der Waals surface area contributed by atoms with Crippen LogP contribution in [0.25, 0.3) is 0 Å². The number of piperazine rings is 1. The number of benzene rings is 1. The SMILES string of the molecule is COc1cccc(C(C)N2CCN(c3cccc(C(=O)O)n3)CC2)c1. The molecule has 1 fully saturated rings. The van der Waals surface area contributed by atoms with Gasteiger partial charge in [0.2, 0.25) is 0 Å². The van der Waals surface area contributed by atoms with Crippen molar-refractivity contribution in [2.75, 3.05) is 38.2 Å². The molecule has 1 aliphatic rings. The van der Waals surface area contributed by atoms with Gasteiger partial charge in [0.25, 0.3) is 0 Å². The molecule has 25 heavy (non-hydrogen) atoms. The molecule has 6 heteroatoms. The van der Waals surface area contributed by atoms with Crippen LogP contribution in [0.2, 0.25) is 0 Å². The molecule has 1 aliphatic heterocycles. The summed E-state index contributed by atoms with van der Waals surface area (Å²) in [4.78, 5) is 19.9. The van der Waals surface area contributed by atoms with Gasteiger partial charge in [0.1, 0.15) is 11.6 Å². The highest BCUT2D eigenvalue weighted by Crippen LogP contribution is 2.25. The highest BCUT2D eigenvalue weighted by Gasteiger charge is 2.23. The summed E-state index contributed by atoms with van der Waals surface area (Å²) in [5.41, 5.74) is 1.32. The predicted molar refractivity (Wildman–Crippen MR) is 96.4 cm³/mol. The fraction of sp³-hybridized carbons (Fsp3) is 0.368. The number of hydrogen-bond acceptors (Lipinski definition) is 5. The van der Waals surface area contributed by atoms with Gasteiger partial charge in [-0.3, -0.25) is 4.90 Å². The molecule has 0 amide bonds. The van der Waals surface area contributed by atoms with Crippen molar-refractivity contribution >= 4 is 11.8 Å². The zero-order chi connectivity index (χ0) is 17.8. The molecule has 6 nitrogen and oxygen atoms in total. The predicted octanol–water partition coefficient (Wildman–Crippen LogP) is 2.67. The van der Waals surface area contributed by atoms with Crippen LogP contribution in [0.3, 0.4) is 0 Å². The van der Waals surface area contributed by atoms with Gasteiger partial charge in [-0.05, 0) is 36.8 Å².